The van der Waals surface area contributed by atoms with Crippen LogP contribution in [0.2, 0.25) is 0 Å². The van der Waals surface area contributed by atoms with Gasteiger partial charge in [-0.1, -0.05) is 30.3 Å². The van der Waals surface area contributed by atoms with Crippen LogP contribution in [0.25, 0.3) is 6.08 Å². The summed E-state index contributed by atoms with van der Waals surface area (Å²) in [6, 6.07) is 9.31. The summed E-state index contributed by atoms with van der Waals surface area (Å²) in [4.78, 5) is 35.2. The summed E-state index contributed by atoms with van der Waals surface area (Å²) in [6.07, 6.45) is 3.96. The van der Waals surface area contributed by atoms with Crippen molar-refractivity contribution in [1.82, 2.24) is 4.90 Å². The Labute approximate surface area is 116 Å². The minimum absolute atomic E-state index is 0.372. The highest BCUT2D eigenvalue weighted by Gasteiger charge is 2.24. The van der Waals surface area contributed by atoms with Gasteiger partial charge in [0.15, 0.2) is 6.73 Å². The molecule has 0 atom stereocenters. The van der Waals surface area contributed by atoms with Crippen LogP contribution in [0, 0.1) is 0 Å². The van der Waals surface area contributed by atoms with Gasteiger partial charge in [0.25, 0.3) is 11.8 Å². The van der Waals surface area contributed by atoms with Gasteiger partial charge in [-0.25, -0.2) is 9.69 Å². The van der Waals surface area contributed by atoms with Crippen LogP contribution in [0.5, 0.6) is 0 Å². The van der Waals surface area contributed by atoms with Crippen molar-refractivity contribution in [2.45, 2.75) is 6.92 Å². The molecule has 2 amide bonds. The first-order valence-corrected chi connectivity index (χ1v) is 6.02. The number of rotatable bonds is 4. The minimum atomic E-state index is -0.568. The molecule has 1 aliphatic rings. The summed E-state index contributed by atoms with van der Waals surface area (Å²) in [5.74, 6) is -1.53. The Morgan fingerprint density at radius 1 is 1.15 bits per heavy atom. The summed E-state index contributed by atoms with van der Waals surface area (Å²) in [6.45, 7) is 1.24. The second kappa shape index (κ2) is 5.97. The lowest BCUT2D eigenvalue weighted by atomic mass is 10.1. The number of hydrogen-bond donors (Lipinski definition) is 0. The quantitative estimate of drug-likeness (QED) is 0.473. The van der Waals surface area contributed by atoms with E-state index in [1.54, 1.807) is 13.0 Å². The number of esters is 1. The van der Waals surface area contributed by atoms with E-state index in [4.69, 9.17) is 4.74 Å². The number of hydrogen-bond acceptors (Lipinski definition) is 4. The highest BCUT2D eigenvalue weighted by molar-refractivity contribution is 6.12. The Morgan fingerprint density at radius 3 is 2.35 bits per heavy atom. The molecule has 1 aromatic carbocycles. The Kier molecular flexibility index (Phi) is 4.10. The molecule has 0 unspecified atom stereocenters. The molecule has 2 rings (SSSR count). The molecule has 5 nitrogen and oxygen atoms in total. The van der Waals surface area contributed by atoms with Gasteiger partial charge in [-0.3, -0.25) is 9.59 Å². The second-order valence-corrected chi connectivity index (χ2v) is 4.24. The van der Waals surface area contributed by atoms with Crippen molar-refractivity contribution in [3.63, 3.8) is 0 Å². The van der Waals surface area contributed by atoms with Gasteiger partial charge in [-0.05, 0) is 18.6 Å². The SMILES string of the molecule is CC(=Cc1ccccc1)C(=O)OCN1C(=O)C=CC1=O. The summed E-state index contributed by atoms with van der Waals surface area (Å²) < 4.78 is 4.94. The van der Waals surface area contributed by atoms with Gasteiger partial charge in [0.2, 0.25) is 0 Å². The normalized spacial score (nSPS) is 14.8. The number of benzene rings is 1. The summed E-state index contributed by atoms with van der Waals surface area (Å²) in [5.41, 5.74) is 1.26. The molecule has 0 spiro atoms. The van der Waals surface area contributed by atoms with Crippen molar-refractivity contribution >= 4 is 23.9 Å². The van der Waals surface area contributed by atoms with Crippen LogP contribution in [-0.2, 0) is 19.1 Å². The number of ether oxygens (including phenoxy) is 1. The van der Waals surface area contributed by atoms with Gasteiger partial charge < -0.3 is 4.74 Å². The van der Waals surface area contributed by atoms with E-state index in [-0.39, 0.29) is 6.73 Å². The fourth-order valence-electron chi connectivity index (χ4n) is 1.65. The lowest BCUT2D eigenvalue weighted by Gasteiger charge is -2.13. The van der Waals surface area contributed by atoms with E-state index in [0.717, 1.165) is 22.6 Å². The molecule has 1 aromatic rings. The zero-order valence-corrected chi connectivity index (χ0v) is 10.9. The molecule has 0 saturated heterocycles. The third kappa shape index (κ3) is 3.20. The molecular formula is C15H13NO4. The molecule has 5 heteroatoms. The molecule has 0 aromatic heterocycles. The Bertz CT molecular complexity index is 584. The molecular weight excluding hydrogens is 258 g/mol. The summed E-state index contributed by atoms with van der Waals surface area (Å²) in [7, 11) is 0. The third-order valence-electron chi connectivity index (χ3n) is 2.73. The number of nitrogens with zero attached hydrogens (tertiary/aromatic N) is 1. The molecule has 0 aliphatic carbocycles. The Morgan fingerprint density at radius 2 is 1.75 bits per heavy atom. The Balaban J connectivity index is 1.94. The maximum absolute atomic E-state index is 11.8. The van der Waals surface area contributed by atoms with Crippen molar-refractivity contribution < 1.29 is 19.1 Å². The largest absolute Gasteiger partial charge is 0.440 e. The van der Waals surface area contributed by atoms with E-state index < -0.39 is 17.8 Å². The smallest absolute Gasteiger partial charge is 0.335 e. The van der Waals surface area contributed by atoms with Gasteiger partial charge in [-0.15, -0.1) is 0 Å². The lowest BCUT2D eigenvalue weighted by Crippen LogP contribution is -2.33. The number of carbonyl (C=O) groups is 3. The van der Waals surface area contributed by atoms with Crippen LogP contribution in [-0.4, -0.2) is 29.4 Å². The molecule has 20 heavy (non-hydrogen) atoms. The van der Waals surface area contributed by atoms with Crippen molar-refractivity contribution in [3.8, 4) is 0 Å². The number of imide groups is 1. The van der Waals surface area contributed by atoms with Crippen LogP contribution in [0.3, 0.4) is 0 Å². The van der Waals surface area contributed by atoms with Gasteiger partial charge in [0.1, 0.15) is 0 Å². The number of amides is 2. The fraction of sp³-hybridized carbons (Fsp3) is 0.133. The van der Waals surface area contributed by atoms with E-state index in [1.807, 2.05) is 30.3 Å². The summed E-state index contributed by atoms with van der Waals surface area (Å²) in [5, 5.41) is 0. The molecule has 1 aliphatic heterocycles. The van der Waals surface area contributed by atoms with Crippen molar-refractivity contribution in [2.75, 3.05) is 6.73 Å². The van der Waals surface area contributed by atoms with E-state index in [9.17, 15) is 14.4 Å². The predicted molar refractivity (Wildman–Crippen MR) is 72.0 cm³/mol. The van der Waals surface area contributed by atoms with Gasteiger partial charge in [0.05, 0.1) is 0 Å². The molecule has 0 radical (unpaired) electrons. The number of carbonyl (C=O) groups excluding carboxylic acids is 3. The lowest BCUT2D eigenvalue weighted by molar-refractivity contribution is -0.151. The predicted octanol–water partition coefficient (Wildman–Crippen LogP) is 1.52. The van der Waals surface area contributed by atoms with E-state index in [0.29, 0.717) is 5.57 Å². The maximum Gasteiger partial charge on any atom is 0.335 e. The van der Waals surface area contributed by atoms with Crippen molar-refractivity contribution in [1.29, 1.82) is 0 Å². The highest BCUT2D eigenvalue weighted by Crippen LogP contribution is 2.09. The molecule has 0 N–H and O–H groups in total. The van der Waals surface area contributed by atoms with Gasteiger partial charge in [-0.2, -0.15) is 0 Å². The summed E-state index contributed by atoms with van der Waals surface area (Å²) >= 11 is 0. The van der Waals surface area contributed by atoms with E-state index in [1.165, 1.54) is 0 Å². The highest BCUT2D eigenvalue weighted by atomic mass is 16.5. The topological polar surface area (TPSA) is 63.7 Å². The molecule has 102 valence electrons. The molecule has 0 fully saturated rings. The van der Waals surface area contributed by atoms with E-state index in [2.05, 4.69) is 0 Å². The van der Waals surface area contributed by atoms with Crippen LogP contribution in [0.4, 0.5) is 0 Å². The molecule has 1 heterocycles. The second-order valence-electron chi connectivity index (χ2n) is 4.24. The fourth-order valence-corrected chi connectivity index (χ4v) is 1.65. The van der Waals surface area contributed by atoms with Crippen LogP contribution in [0.15, 0.2) is 48.1 Å². The molecule has 0 saturated carbocycles. The standard InChI is InChI=1S/C15H13NO4/c1-11(9-12-5-3-2-4-6-12)15(19)20-10-16-13(17)7-8-14(16)18/h2-9H,10H2,1H3. The van der Waals surface area contributed by atoms with Crippen molar-refractivity contribution in [3.05, 3.63) is 53.6 Å². The van der Waals surface area contributed by atoms with E-state index >= 15 is 0 Å². The Hall–Kier alpha value is -2.69. The van der Waals surface area contributed by atoms with Crippen molar-refractivity contribution in [2.24, 2.45) is 0 Å². The average Bonchev–Trinajstić information content (AvgIpc) is 2.76. The first kappa shape index (κ1) is 13.7. The molecule has 0 bridgehead atoms. The third-order valence-corrected chi connectivity index (χ3v) is 2.73. The van der Waals surface area contributed by atoms with Crippen LogP contribution < -0.4 is 0 Å². The van der Waals surface area contributed by atoms with Crippen LogP contribution >= 0.6 is 0 Å². The monoisotopic (exact) mass is 271 g/mol. The van der Waals surface area contributed by atoms with Gasteiger partial charge >= 0.3 is 5.97 Å². The maximum atomic E-state index is 11.8. The zero-order valence-electron chi connectivity index (χ0n) is 10.9. The first-order valence-electron chi connectivity index (χ1n) is 6.02. The van der Waals surface area contributed by atoms with Crippen LogP contribution in [0.1, 0.15) is 12.5 Å². The zero-order chi connectivity index (χ0) is 14.5. The first-order chi connectivity index (χ1) is 9.58. The average molecular weight is 271 g/mol. The van der Waals surface area contributed by atoms with Gasteiger partial charge in [0, 0.05) is 17.7 Å². The minimum Gasteiger partial charge on any atom is -0.440 e.